The molecule has 1 aliphatic rings. The fourth-order valence-electron chi connectivity index (χ4n) is 1.72. The summed E-state index contributed by atoms with van der Waals surface area (Å²) in [6, 6.07) is 7.00. The van der Waals surface area contributed by atoms with Crippen LogP contribution in [0.5, 0.6) is 0 Å². The van der Waals surface area contributed by atoms with Crippen LogP contribution in [0.4, 0.5) is 0 Å². The highest BCUT2D eigenvalue weighted by Crippen LogP contribution is 2.18. The molecule has 1 fully saturated rings. The zero-order valence-corrected chi connectivity index (χ0v) is 10.00. The van der Waals surface area contributed by atoms with Gasteiger partial charge in [-0.1, -0.05) is 6.07 Å². The average Bonchev–Trinajstić information content (AvgIpc) is 3.07. The first-order valence-corrected chi connectivity index (χ1v) is 6.21. The summed E-state index contributed by atoms with van der Waals surface area (Å²) in [6.45, 7) is 5.11. The molecule has 0 amide bonds. The van der Waals surface area contributed by atoms with Gasteiger partial charge in [0.25, 0.3) is 0 Å². The second-order valence-corrected chi connectivity index (χ2v) is 4.53. The summed E-state index contributed by atoms with van der Waals surface area (Å²) < 4.78 is 0. The van der Waals surface area contributed by atoms with Gasteiger partial charge in [0.05, 0.1) is 5.69 Å². The van der Waals surface area contributed by atoms with Gasteiger partial charge in [0.15, 0.2) is 0 Å². The molecular weight excluding hydrogens is 198 g/mol. The van der Waals surface area contributed by atoms with E-state index >= 15 is 0 Å². The van der Waals surface area contributed by atoms with Crippen molar-refractivity contribution in [3.8, 4) is 0 Å². The van der Waals surface area contributed by atoms with Crippen molar-refractivity contribution in [2.24, 2.45) is 0 Å². The zero-order valence-electron chi connectivity index (χ0n) is 10.00. The lowest BCUT2D eigenvalue weighted by atomic mass is 10.3. The third-order valence-electron chi connectivity index (χ3n) is 2.79. The Bertz CT molecular complexity index is 321. The minimum Gasteiger partial charge on any atom is -0.314 e. The van der Waals surface area contributed by atoms with Gasteiger partial charge >= 0.3 is 0 Å². The van der Waals surface area contributed by atoms with Crippen LogP contribution in [0.1, 0.15) is 30.7 Å². The van der Waals surface area contributed by atoms with Crippen LogP contribution in [0, 0.1) is 6.92 Å². The first-order chi connectivity index (χ1) is 7.84. The van der Waals surface area contributed by atoms with Gasteiger partial charge in [-0.15, -0.1) is 0 Å². The molecule has 1 aromatic heterocycles. The Morgan fingerprint density at radius 1 is 1.31 bits per heavy atom. The molecule has 1 heterocycles. The van der Waals surface area contributed by atoms with Crippen LogP contribution in [0.15, 0.2) is 18.2 Å². The standard InChI is InChI=1S/C13H21N3/c1-11-4-2-5-13(16-11)10-14-8-3-9-15-12-6-7-12/h2,4-5,12,14-15H,3,6-10H2,1H3. The number of aryl methyl sites for hydroxylation is 1. The summed E-state index contributed by atoms with van der Waals surface area (Å²) in [5.41, 5.74) is 2.23. The first-order valence-electron chi connectivity index (χ1n) is 6.21. The molecule has 2 N–H and O–H groups in total. The Labute approximate surface area is 97.7 Å². The topological polar surface area (TPSA) is 37.0 Å². The van der Waals surface area contributed by atoms with Crippen LogP contribution < -0.4 is 10.6 Å². The summed E-state index contributed by atoms with van der Waals surface area (Å²) >= 11 is 0. The zero-order chi connectivity index (χ0) is 11.2. The summed E-state index contributed by atoms with van der Waals surface area (Å²) in [6.07, 6.45) is 3.95. The molecule has 0 saturated heterocycles. The normalized spacial score (nSPS) is 15.3. The lowest BCUT2D eigenvalue weighted by Gasteiger charge is -2.05. The van der Waals surface area contributed by atoms with E-state index in [-0.39, 0.29) is 0 Å². The van der Waals surface area contributed by atoms with Crippen LogP contribution in [0.25, 0.3) is 0 Å². The summed E-state index contributed by atoms with van der Waals surface area (Å²) in [5, 5.41) is 6.93. The molecule has 0 atom stereocenters. The fourth-order valence-corrected chi connectivity index (χ4v) is 1.72. The quantitative estimate of drug-likeness (QED) is 0.684. The highest BCUT2D eigenvalue weighted by atomic mass is 15.0. The van der Waals surface area contributed by atoms with Gasteiger partial charge in [0, 0.05) is 18.3 Å². The number of hydrogen-bond donors (Lipinski definition) is 2. The second kappa shape index (κ2) is 5.97. The molecule has 16 heavy (non-hydrogen) atoms. The van der Waals surface area contributed by atoms with E-state index in [1.807, 2.05) is 13.0 Å². The van der Waals surface area contributed by atoms with Gasteiger partial charge in [0.1, 0.15) is 0 Å². The van der Waals surface area contributed by atoms with Crippen LogP contribution >= 0.6 is 0 Å². The Morgan fingerprint density at radius 2 is 2.19 bits per heavy atom. The molecule has 1 aromatic rings. The molecule has 0 radical (unpaired) electrons. The number of hydrogen-bond acceptors (Lipinski definition) is 3. The van der Waals surface area contributed by atoms with E-state index in [0.29, 0.717) is 0 Å². The van der Waals surface area contributed by atoms with Crippen LogP contribution in [-0.4, -0.2) is 24.1 Å². The number of nitrogens with zero attached hydrogens (tertiary/aromatic N) is 1. The average molecular weight is 219 g/mol. The van der Waals surface area contributed by atoms with Crippen LogP contribution in [0.2, 0.25) is 0 Å². The summed E-state index contributed by atoms with van der Waals surface area (Å²) in [5.74, 6) is 0. The van der Waals surface area contributed by atoms with Gasteiger partial charge in [-0.3, -0.25) is 4.98 Å². The van der Waals surface area contributed by atoms with Gasteiger partial charge in [0.2, 0.25) is 0 Å². The number of pyridine rings is 1. The molecular formula is C13H21N3. The maximum atomic E-state index is 4.45. The SMILES string of the molecule is Cc1cccc(CNCCCNC2CC2)n1. The molecule has 3 nitrogen and oxygen atoms in total. The van der Waals surface area contributed by atoms with Gasteiger partial charge in [-0.05, 0) is 51.4 Å². The van der Waals surface area contributed by atoms with E-state index in [9.17, 15) is 0 Å². The van der Waals surface area contributed by atoms with Crippen molar-refractivity contribution in [2.45, 2.75) is 38.8 Å². The largest absolute Gasteiger partial charge is 0.314 e. The lowest BCUT2D eigenvalue weighted by Crippen LogP contribution is -2.23. The molecule has 2 rings (SSSR count). The fraction of sp³-hybridized carbons (Fsp3) is 0.615. The molecule has 0 aromatic carbocycles. The molecule has 1 aliphatic carbocycles. The molecule has 0 unspecified atom stereocenters. The van der Waals surface area contributed by atoms with Crippen molar-refractivity contribution in [1.29, 1.82) is 0 Å². The second-order valence-electron chi connectivity index (χ2n) is 4.53. The van der Waals surface area contributed by atoms with Crippen molar-refractivity contribution >= 4 is 0 Å². The van der Waals surface area contributed by atoms with E-state index in [0.717, 1.165) is 37.1 Å². The highest BCUT2D eigenvalue weighted by molar-refractivity contribution is 5.09. The van der Waals surface area contributed by atoms with Crippen molar-refractivity contribution in [1.82, 2.24) is 15.6 Å². The number of rotatable bonds is 7. The van der Waals surface area contributed by atoms with E-state index in [1.165, 1.54) is 19.3 Å². The smallest absolute Gasteiger partial charge is 0.0544 e. The molecule has 0 spiro atoms. The van der Waals surface area contributed by atoms with Crippen molar-refractivity contribution in [2.75, 3.05) is 13.1 Å². The minimum absolute atomic E-state index is 0.832. The van der Waals surface area contributed by atoms with Gasteiger partial charge in [-0.25, -0.2) is 0 Å². The third-order valence-corrected chi connectivity index (χ3v) is 2.79. The number of aromatic nitrogens is 1. The first kappa shape index (κ1) is 11.6. The lowest BCUT2D eigenvalue weighted by molar-refractivity contribution is 0.589. The van der Waals surface area contributed by atoms with E-state index < -0.39 is 0 Å². The molecule has 3 heteroatoms. The summed E-state index contributed by atoms with van der Waals surface area (Å²) in [7, 11) is 0. The third kappa shape index (κ3) is 4.29. The monoisotopic (exact) mass is 219 g/mol. The van der Waals surface area contributed by atoms with Crippen molar-refractivity contribution in [3.63, 3.8) is 0 Å². The van der Waals surface area contributed by atoms with Crippen LogP contribution in [-0.2, 0) is 6.54 Å². The maximum absolute atomic E-state index is 4.45. The minimum atomic E-state index is 0.832. The molecule has 0 bridgehead atoms. The maximum Gasteiger partial charge on any atom is 0.0544 e. The Kier molecular flexibility index (Phi) is 4.31. The van der Waals surface area contributed by atoms with Crippen molar-refractivity contribution < 1.29 is 0 Å². The molecule has 88 valence electrons. The van der Waals surface area contributed by atoms with E-state index in [4.69, 9.17) is 0 Å². The molecule has 1 saturated carbocycles. The van der Waals surface area contributed by atoms with Crippen LogP contribution in [0.3, 0.4) is 0 Å². The summed E-state index contributed by atoms with van der Waals surface area (Å²) in [4.78, 5) is 4.45. The van der Waals surface area contributed by atoms with E-state index in [1.54, 1.807) is 0 Å². The van der Waals surface area contributed by atoms with Gasteiger partial charge in [-0.2, -0.15) is 0 Å². The predicted octanol–water partition coefficient (Wildman–Crippen LogP) is 1.62. The number of nitrogens with one attached hydrogen (secondary N) is 2. The molecule has 0 aliphatic heterocycles. The van der Waals surface area contributed by atoms with Crippen molar-refractivity contribution in [3.05, 3.63) is 29.6 Å². The Balaban J connectivity index is 1.53. The Morgan fingerprint density at radius 3 is 2.94 bits per heavy atom. The highest BCUT2D eigenvalue weighted by Gasteiger charge is 2.19. The van der Waals surface area contributed by atoms with Gasteiger partial charge < -0.3 is 10.6 Å². The van der Waals surface area contributed by atoms with E-state index in [2.05, 4.69) is 27.8 Å². The predicted molar refractivity (Wildman–Crippen MR) is 66.3 cm³/mol. The Hall–Kier alpha value is -0.930.